The van der Waals surface area contributed by atoms with Crippen LogP contribution in [0.3, 0.4) is 0 Å². The smallest absolute Gasteiger partial charge is 0.136 e. The lowest BCUT2D eigenvalue weighted by molar-refractivity contribution is -0.121. The van der Waals surface area contributed by atoms with Gasteiger partial charge in [-0.25, -0.2) is 0 Å². The molecule has 1 aliphatic rings. The van der Waals surface area contributed by atoms with Gasteiger partial charge in [-0.2, -0.15) is 0 Å². The van der Waals surface area contributed by atoms with E-state index in [9.17, 15) is 4.79 Å². The van der Waals surface area contributed by atoms with Crippen LogP contribution in [0.25, 0.3) is 0 Å². The fourth-order valence-electron chi connectivity index (χ4n) is 2.30. The topological polar surface area (TPSA) is 17.1 Å². The molecule has 0 unspecified atom stereocenters. The number of hydrogen-bond donors (Lipinski definition) is 0. The zero-order valence-corrected chi connectivity index (χ0v) is 10.8. The molecule has 0 heterocycles. The lowest BCUT2D eigenvalue weighted by Crippen LogP contribution is -2.06. The quantitative estimate of drug-likeness (QED) is 0.619. The van der Waals surface area contributed by atoms with Gasteiger partial charge in [0.25, 0.3) is 0 Å². The Morgan fingerprint density at radius 1 is 1.20 bits per heavy atom. The minimum Gasteiger partial charge on any atom is -0.299 e. The average Bonchev–Trinajstić information content (AvgIpc) is 2.81. The number of carbonyl (C=O) groups is 1. The van der Waals surface area contributed by atoms with Crippen LogP contribution in [-0.2, 0) is 4.79 Å². The van der Waals surface area contributed by atoms with Gasteiger partial charge in [-0.3, -0.25) is 4.79 Å². The van der Waals surface area contributed by atoms with E-state index in [1.165, 1.54) is 25.7 Å². The van der Waals surface area contributed by atoms with Gasteiger partial charge in [-0.15, -0.1) is 0 Å². The zero-order valence-electron chi connectivity index (χ0n) is 10.8. The molecule has 0 bridgehead atoms. The van der Waals surface area contributed by atoms with Crippen molar-refractivity contribution in [2.75, 3.05) is 0 Å². The van der Waals surface area contributed by atoms with Crippen molar-refractivity contribution in [3.63, 3.8) is 0 Å². The number of hydrogen-bond acceptors (Lipinski definition) is 1. The minimum absolute atomic E-state index is 0.444. The summed E-state index contributed by atoms with van der Waals surface area (Å²) in [6.45, 7) is 8.81. The maximum absolute atomic E-state index is 11.7. The molecule has 1 nitrogen and oxygen atoms in total. The molecule has 2 atom stereocenters. The van der Waals surface area contributed by atoms with Crippen LogP contribution in [0.2, 0.25) is 0 Å². The van der Waals surface area contributed by atoms with Crippen molar-refractivity contribution in [1.29, 1.82) is 0 Å². The van der Waals surface area contributed by atoms with Crippen LogP contribution in [0.15, 0.2) is 0 Å². The summed E-state index contributed by atoms with van der Waals surface area (Å²) in [6, 6.07) is 0. The normalized spacial score (nSPS) is 24.9. The second-order valence-corrected chi connectivity index (χ2v) is 5.99. The molecular weight excluding hydrogens is 184 g/mol. The molecule has 0 saturated heterocycles. The first-order valence-corrected chi connectivity index (χ1v) is 6.53. The van der Waals surface area contributed by atoms with E-state index in [1.54, 1.807) is 0 Å². The lowest BCUT2D eigenvalue weighted by Gasteiger charge is -2.05. The highest BCUT2D eigenvalue weighted by Gasteiger charge is 2.41. The van der Waals surface area contributed by atoms with Gasteiger partial charge >= 0.3 is 0 Å². The summed E-state index contributed by atoms with van der Waals surface area (Å²) in [7, 11) is 0. The standard InChI is InChI=1S/C14H26O/c1-10(2)6-5-7-12-9-13(12)14(15)8-11(3)4/h10-13H,5-9H2,1-4H3/t12-,13-/m1/s1. The molecule has 0 amide bonds. The Labute approximate surface area is 94.6 Å². The predicted octanol–water partition coefficient (Wildman–Crippen LogP) is 4.06. The molecule has 1 heteroatoms. The summed E-state index contributed by atoms with van der Waals surface area (Å²) in [5, 5.41) is 0. The van der Waals surface area contributed by atoms with E-state index in [2.05, 4.69) is 27.7 Å². The van der Waals surface area contributed by atoms with Gasteiger partial charge in [-0.1, -0.05) is 40.5 Å². The van der Waals surface area contributed by atoms with E-state index >= 15 is 0 Å². The van der Waals surface area contributed by atoms with Crippen molar-refractivity contribution < 1.29 is 4.79 Å². The molecular formula is C14H26O. The Kier molecular flexibility index (Phi) is 4.82. The molecule has 1 saturated carbocycles. The molecule has 1 rings (SSSR count). The first-order chi connectivity index (χ1) is 7.00. The average molecular weight is 210 g/mol. The van der Waals surface area contributed by atoms with Crippen LogP contribution in [0.1, 0.15) is 59.8 Å². The SMILES string of the molecule is CC(C)CCC[C@@H]1C[C@H]1C(=O)CC(C)C. The highest BCUT2D eigenvalue weighted by Crippen LogP contribution is 2.44. The van der Waals surface area contributed by atoms with E-state index in [-0.39, 0.29) is 0 Å². The summed E-state index contributed by atoms with van der Waals surface area (Å²) in [5.41, 5.74) is 0. The Hall–Kier alpha value is -0.330. The van der Waals surface area contributed by atoms with Crippen LogP contribution in [0.5, 0.6) is 0 Å². The fourth-order valence-corrected chi connectivity index (χ4v) is 2.30. The number of ketones is 1. The third-order valence-corrected chi connectivity index (χ3v) is 3.30. The largest absolute Gasteiger partial charge is 0.299 e. The highest BCUT2D eigenvalue weighted by atomic mass is 16.1. The molecule has 0 aromatic heterocycles. The van der Waals surface area contributed by atoms with Crippen molar-refractivity contribution in [1.82, 2.24) is 0 Å². The monoisotopic (exact) mass is 210 g/mol. The van der Waals surface area contributed by atoms with Crippen molar-refractivity contribution in [2.45, 2.75) is 59.8 Å². The van der Waals surface area contributed by atoms with Gasteiger partial charge in [0.2, 0.25) is 0 Å². The van der Waals surface area contributed by atoms with Crippen molar-refractivity contribution in [3.8, 4) is 0 Å². The Balaban J connectivity index is 2.09. The van der Waals surface area contributed by atoms with Gasteiger partial charge in [0.05, 0.1) is 0 Å². The first-order valence-electron chi connectivity index (χ1n) is 6.53. The van der Waals surface area contributed by atoms with Crippen LogP contribution in [0, 0.1) is 23.7 Å². The summed E-state index contributed by atoms with van der Waals surface area (Å²) in [4.78, 5) is 11.7. The van der Waals surface area contributed by atoms with Crippen molar-refractivity contribution >= 4 is 5.78 Å². The van der Waals surface area contributed by atoms with Gasteiger partial charge in [-0.05, 0) is 30.6 Å². The van der Waals surface area contributed by atoms with E-state index in [0.29, 0.717) is 17.6 Å². The summed E-state index contributed by atoms with van der Waals surface area (Å²) in [5.74, 6) is 3.07. The Morgan fingerprint density at radius 2 is 1.87 bits per heavy atom. The number of rotatable bonds is 7. The number of carbonyl (C=O) groups excluding carboxylic acids is 1. The first kappa shape index (κ1) is 12.7. The maximum Gasteiger partial charge on any atom is 0.136 e. The molecule has 1 fully saturated rings. The van der Waals surface area contributed by atoms with Crippen LogP contribution < -0.4 is 0 Å². The predicted molar refractivity (Wildman–Crippen MR) is 64.7 cm³/mol. The third kappa shape index (κ3) is 4.81. The summed E-state index contributed by atoms with van der Waals surface area (Å²) < 4.78 is 0. The van der Waals surface area contributed by atoms with E-state index in [1.807, 2.05) is 0 Å². The molecule has 0 aliphatic heterocycles. The second-order valence-electron chi connectivity index (χ2n) is 5.99. The third-order valence-electron chi connectivity index (χ3n) is 3.30. The molecule has 88 valence electrons. The van der Waals surface area contributed by atoms with E-state index < -0.39 is 0 Å². The summed E-state index contributed by atoms with van der Waals surface area (Å²) in [6.07, 6.45) is 5.90. The minimum atomic E-state index is 0.444. The molecule has 0 N–H and O–H groups in total. The van der Waals surface area contributed by atoms with Gasteiger partial charge in [0.15, 0.2) is 0 Å². The van der Waals surface area contributed by atoms with Crippen LogP contribution in [-0.4, -0.2) is 5.78 Å². The molecule has 15 heavy (non-hydrogen) atoms. The van der Waals surface area contributed by atoms with Crippen LogP contribution in [0.4, 0.5) is 0 Å². The molecule has 0 radical (unpaired) electrons. The van der Waals surface area contributed by atoms with Gasteiger partial charge in [0.1, 0.15) is 5.78 Å². The fraction of sp³-hybridized carbons (Fsp3) is 0.929. The van der Waals surface area contributed by atoms with Gasteiger partial charge in [0, 0.05) is 12.3 Å². The number of Topliss-reactive ketones (excluding diaryl/α,β-unsaturated/α-hetero) is 1. The van der Waals surface area contributed by atoms with Crippen LogP contribution >= 0.6 is 0 Å². The van der Waals surface area contributed by atoms with Crippen molar-refractivity contribution in [3.05, 3.63) is 0 Å². The lowest BCUT2D eigenvalue weighted by atomic mass is 10.0. The van der Waals surface area contributed by atoms with Gasteiger partial charge < -0.3 is 0 Å². The molecule has 0 aromatic rings. The Morgan fingerprint density at radius 3 is 2.40 bits per heavy atom. The second kappa shape index (κ2) is 5.67. The highest BCUT2D eigenvalue weighted by molar-refractivity contribution is 5.83. The molecule has 1 aliphatic carbocycles. The van der Waals surface area contributed by atoms with Crippen molar-refractivity contribution in [2.24, 2.45) is 23.7 Å². The molecule has 0 aromatic carbocycles. The Bertz CT molecular complexity index is 205. The molecule has 0 spiro atoms. The maximum atomic E-state index is 11.7. The summed E-state index contributed by atoms with van der Waals surface area (Å²) >= 11 is 0. The van der Waals surface area contributed by atoms with E-state index in [0.717, 1.165) is 18.3 Å². The van der Waals surface area contributed by atoms with E-state index in [4.69, 9.17) is 0 Å². The zero-order chi connectivity index (χ0) is 11.4.